The molecule has 2 aliphatic rings. The molecule has 2 aliphatic heterocycles. The second-order valence-corrected chi connectivity index (χ2v) is 13.4. The molecule has 0 unspecified atom stereocenters. The summed E-state index contributed by atoms with van der Waals surface area (Å²) >= 11 is 3.40. The summed E-state index contributed by atoms with van der Waals surface area (Å²) in [5.41, 5.74) is 14.7. The normalized spacial score (nSPS) is 14.1. The molecule has 0 atom stereocenters. The minimum Gasteiger partial charge on any atom is -0.349 e. The second kappa shape index (κ2) is 9.33. The van der Waals surface area contributed by atoms with Gasteiger partial charge in [0, 0.05) is 34.3 Å². The van der Waals surface area contributed by atoms with E-state index >= 15 is 0 Å². The van der Waals surface area contributed by atoms with E-state index in [1.54, 1.807) is 23.5 Å². The van der Waals surface area contributed by atoms with Gasteiger partial charge < -0.3 is 19.8 Å². The zero-order valence-corrected chi connectivity index (χ0v) is 25.1. The van der Waals surface area contributed by atoms with Crippen LogP contribution in [0.5, 0.6) is 0 Å². The molecule has 8 heteroatoms. The van der Waals surface area contributed by atoms with Gasteiger partial charge in [-0.3, -0.25) is 0 Å². The van der Waals surface area contributed by atoms with Crippen LogP contribution >= 0.6 is 23.5 Å². The number of fused-ring (bicyclic) bond motifs is 8. The maximum absolute atomic E-state index is 4.84. The number of nitrogens with one attached hydrogen (secondary N) is 2. The number of imidazole rings is 2. The summed E-state index contributed by atoms with van der Waals surface area (Å²) in [4.78, 5) is 24.1. The Hall–Kier alpha value is -3.88. The average Bonchev–Trinajstić information content (AvgIpc) is 3.50. The fourth-order valence-corrected chi connectivity index (χ4v) is 7.70. The quantitative estimate of drug-likeness (QED) is 0.221. The molecule has 0 amide bonds. The van der Waals surface area contributed by atoms with Crippen molar-refractivity contribution in [2.75, 3.05) is 16.5 Å². The van der Waals surface area contributed by atoms with E-state index in [0.29, 0.717) is 0 Å². The van der Waals surface area contributed by atoms with Crippen LogP contribution in [0.2, 0.25) is 0 Å². The van der Waals surface area contributed by atoms with Crippen molar-refractivity contribution < 1.29 is 0 Å². The second-order valence-electron chi connectivity index (χ2n) is 11.3. The third-order valence-corrected chi connectivity index (χ3v) is 10.2. The molecule has 2 bridgehead atoms. The van der Waals surface area contributed by atoms with Crippen molar-refractivity contribution in [1.29, 1.82) is 0 Å². The molecule has 4 aromatic carbocycles. The monoisotopic (exact) mass is 574 g/mol. The average molecular weight is 575 g/mol. The van der Waals surface area contributed by atoms with Crippen LogP contribution in [0, 0.1) is 27.7 Å². The summed E-state index contributed by atoms with van der Waals surface area (Å²) in [6.07, 6.45) is 0. The van der Waals surface area contributed by atoms with Gasteiger partial charge in [0.2, 0.25) is 0 Å². The first-order valence-corrected chi connectivity index (χ1v) is 15.5. The van der Waals surface area contributed by atoms with Crippen LogP contribution < -0.4 is 9.80 Å². The fraction of sp³-hybridized carbons (Fsp3) is 0.212. The van der Waals surface area contributed by atoms with Gasteiger partial charge in [-0.2, -0.15) is 0 Å². The lowest BCUT2D eigenvalue weighted by Crippen LogP contribution is -2.46. The number of hydrogen-bond acceptors (Lipinski definition) is 6. The zero-order chi connectivity index (χ0) is 27.8. The lowest BCUT2D eigenvalue weighted by atomic mass is 10.0. The van der Waals surface area contributed by atoms with Gasteiger partial charge >= 0.3 is 0 Å². The molecular weight excluding hydrogens is 545 g/mol. The number of H-pyrrole nitrogens is 2. The Kier molecular flexibility index (Phi) is 5.66. The summed E-state index contributed by atoms with van der Waals surface area (Å²) in [6.45, 7) is 11.3. The van der Waals surface area contributed by atoms with Gasteiger partial charge in [0.25, 0.3) is 0 Å². The van der Waals surface area contributed by atoms with Gasteiger partial charge in [0.1, 0.15) is 0 Å². The molecule has 8 rings (SSSR count). The highest BCUT2D eigenvalue weighted by molar-refractivity contribution is 7.99. The van der Waals surface area contributed by atoms with Gasteiger partial charge in [-0.05, 0) is 122 Å². The number of aromatic amines is 2. The third kappa shape index (κ3) is 4.37. The number of nitrogens with zero attached hydrogens (tertiary/aromatic N) is 4. The number of aryl methyl sites for hydroxylation is 4. The number of hydrogen-bond donors (Lipinski definition) is 2. The molecule has 0 spiro atoms. The van der Waals surface area contributed by atoms with Crippen LogP contribution in [-0.2, 0) is 13.1 Å². The Morgan fingerprint density at radius 3 is 1.49 bits per heavy atom. The Morgan fingerprint density at radius 1 is 0.585 bits per heavy atom. The van der Waals surface area contributed by atoms with Crippen molar-refractivity contribution in [3.63, 3.8) is 0 Å². The van der Waals surface area contributed by atoms with Crippen molar-refractivity contribution >= 4 is 57.0 Å². The third-order valence-electron chi connectivity index (χ3n) is 8.43. The maximum Gasteiger partial charge on any atom is 0.171 e. The van der Waals surface area contributed by atoms with Gasteiger partial charge in [0.15, 0.2) is 10.3 Å². The van der Waals surface area contributed by atoms with Crippen molar-refractivity contribution in [1.82, 2.24) is 19.9 Å². The van der Waals surface area contributed by atoms with Crippen LogP contribution in [0.15, 0.2) is 80.8 Å². The highest BCUT2D eigenvalue weighted by Crippen LogP contribution is 2.42. The summed E-state index contributed by atoms with van der Waals surface area (Å²) in [5, 5.41) is 1.87. The zero-order valence-electron chi connectivity index (χ0n) is 23.5. The topological polar surface area (TPSA) is 63.8 Å². The Balaban J connectivity index is 1.03. The van der Waals surface area contributed by atoms with Crippen LogP contribution in [0.25, 0.3) is 22.1 Å². The SMILES string of the molecule is Cc1cc2nc(Sc3ccc4c(c3)CN3CN4Cc4cc(Sc5nc6cc(C)c(C)cc6[nH]5)ccc43)[nH]c2cc1C. The first-order chi connectivity index (χ1) is 19.9. The molecule has 6 aromatic rings. The van der Waals surface area contributed by atoms with Crippen molar-refractivity contribution in [3.05, 3.63) is 94.0 Å². The van der Waals surface area contributed by atoms with E-state index in [1.165, 1.54) is 54.5 Å². The molecule has 6 nitrogen and oxygen atoms in total. The first-order valence-electron chi connectivity index (χ1n) is 13.9. The van der Waals surface area contributed by atoms with Crippen LogP contribution in [0.1, 0.15) is 33.4 Å². The minimum absolute atomic E-state index is 0.903. The molecular formula is C33H30N6S2. The van der Waals surface area contributed by atoms with Crippen LogP contribution in [0.4, 0.5) is 11.4 Å². The molecule has 4 heterocycles. The van der Waals surface area contributed by atoms with Crippen LogP contribution in [-0.4, -0.2) is 26.6 Å². The fourth-order valence-electron chi connectivity index (χ4n) is 5.97. The van der Waals surface area contributed by atoms with Gasteiger partial charge in [-0.1, -0.05) is 23.5 Å². The molecule has 0 saturated heterocycles. The smallest absolute Gasteiger partial charge is 0.171 e. The summed E-state index contributed by atoms with van der Waals surface area (Å²) in [6, 6.07) is 22.4. The van der Waals surface area contributed by atoms with E-state index in [-0.39, 0.29) is 0 Å². The minimum atomic E-state index is 0.903. The Labute approximate surface area is 247 Å². The van der Waals surface area contributed by atoms with E-state index in [1.807, 2.05) is 0 Å². The molecule has 41 heavy (non-hydrogen) atoms. The molecule has 0 radical (unpaired) electrons. The lowest BCUT2D eigenvalue weighted by Gasteiger charge is -2.45. The number of anilines is 2. The predicted octanol–water partition coefficient (Wildman–Crippen LogP) is 8.27. The van der Waals surface area contributed by atoms with E-state index in [9.17, 15) is 0 Å². The van der Waals surface area contributed by atoms with Crippen LogP contribution in [0.3, 0.4) is 0 Å². The summed E-state index contributed by atoms with van der Waals surface area (Å²) in [5.74, 6) is 0. The lowest BCUT2D eigenvalue weighted by molar-refractivity contribution is 0.648. The standard InChI is InChI=1S/C33H30N6S2/c1-18-9-26-27(10-19(18)2)35-32(34-26)40-24-5-7-30-22(13-24)15-38-17-39(30)16-23-14-25(6-8-31(23)38)41-33-36-28-11-20(3)21(4)12-29(28)37-33/h5-14H,15-17H2,1-4H3,(H,34,35)(H,36,37). The van der Waals surface area contributed by atoms with E-state index in [4.69, 9.17) is 9.97 Å². The number of aromatic nitrogens is 4. The van der Waals surface area contributed by atoms with Gasteiger partial charge in [0.05, 0.1) is 28.7 Å². The summed E-state index contributed by atoms with van der Waals surface area (Å²) < 4.78 is 0. The van der Waals surface area contributed by atoms with Gasteiger partial charge in [-0.25, -0.2) is 9.97 Å². The number of rotatable bonds is 4. The van der Waals surface area contributed by atoms with E-state index < -0.39 is 0 Å². The van der Waals surface area contributed by atoms with Crippen molar-refractivity contribution in [3.8, 4) is 0 Å². The molecule has 0 fully saturated rings. The highest BCUT2D eigenvalue weighted by atomic mass is 32.2. The Bertz CT molecular complexity index is 1780. The molecule has 0 saturated carbocycles. The molecule has 204 valence electrons. The van der Waals surface area contributed by atoms with Crippen molar-refractivity contribution in [2.24, 2.45) is 0 Å². The van der Waals surface area contributed by atoms with E-state index in [2.05, 4.69) is 108 Å². The maximum atomic E-state index is 4.84. The molecule has 2 N–H and O–H groups in total. The first kappa shape index (κ1) is 24.9. The van der Waals surface area contributed by atoms with Gasteiger partial charge in [-0.15, -0.1) is 0 Å². The molecule has 0 aliphatic carbocycles. The largest absolute Gasteiger partial charge is 0.349 e. The Morgan fingerprint density at radius 2 is 1.02 bits per heavy atom. The summed E-state index contributed by atoms with van der Waals surface area (Å²) in [7, 11) is 0. The van der Waals surface area contributed by atoms with E-state index in [0.717, 1.165) is 52.1 Å². The molecule has 2 aromatic heterocycles. The number of benzene rings is 4. The van der Waals surface area contributed by atoms with Crippen molar-refractivity contribution in [2.45, 2.75) is 60.9 Å². The predicted molar refractivity (Wildman–Crippen MR) is 169 cm³/mol. The highest BCUT2D eigenvalue weighted by Gasteiger charge is 2.29.